The van der Waals surface area contributed by atoms with E-state index in [1.807, 2.05) is 6.92 Å². The summed E-state index contributed by atoms with van der Waals surface area (Å²) in [6.45, 7) is 8.70. The number of ketones is 1. The Balaban J connectivity index is 2.08. The fourth-order valence-electron chi connectivity index (χ4n) is 3.93. The van der Waals surface area contributed by atoms with E-state index in [0.717, 1.165) is 12.8 Å². The smallest absolute Gasteiger partial charge is 0.135 e. The average molecular weight is 300 g/mol. The van der Waals surface area contributed by atoms with E-state index in [0.29, 0.717) is 24.0 Å². The molecule has 122 valence electrons. The van der Waals surface area contributed by atoms with Gasteiger partial charge in [0, 0.05) is 12.3 Å². The zero-order chi connectivity index (χ0) is 16.1. The van der Waals surface area contributed by atoms with Crippen LogP contribution in [0.25, 0.3) is 0 Å². The molecule has 2 unspecified atom stereocenters. The molecule has 1 fully saturated rings. The molecule has 0 saturated heterocycles. The van der Waals surface area contributed by atoms with Crippen LogP contribution in [0.15, 0.2) is 12.1 Å². The number of rotatable bonds is 3. The monoisotopic (exact) mass is 300 g/mol. The molecule has 0 aromatic heterocycles. The van der Waals surface area contributed by atoms with Gasteiger partial charge in [0.1, 0.15) is 5.78 Å². The number of hydrogen-bond acceptors (Lipinski definition) is 1. The van der Waals surface area contributed by atoms with Crippen molar-refractivity contribution in [2.24, 2.45) is 5.92 Å². The van der Waals surface area contributed by atoms with E-state index < -0.39 is 0 Å². The zero-order valence-electron chi connectivity index (χ0n) is 14.9. The molecule has 0 radical (unpaired) electrons. The molecule has 22 heavy (non-hydrogen) atoms. The molecule has 1 aliphatic rings. The minimum atomic E-state index is 0.338. The standard InChI is InChI=1S/C21H32O/c1-5-21(22)19-10-7-6-9-18(11-8-12-19)20-13-15(2)17(4)16(3)14-20/h13-14,18-19H,5-12H2,1-4H3. The second-order valence-electron chi connectivity index (χ2n) is 7.21. The Hall–Kier alpha value is -1.11. The van der Waals surface area contributed by atoms with Gasteiger partial charge in [-0.1, -0.05) is 38.3 Å². The molecular formula is C21H32O. The second-order valence-corrected chi connectivity index (χ2v) is 7.21. The highest BCUT2D eigenvalue weighted by molar-refractivity contribution is 5.80. The fraction of sp³-hybridized carbons (Fsp3) is 0.667. The van der Waals surface area contributed by atoms with E-state index in [-0.39, 0.29) is 0 Å². The summed E-state index contributed by atoms with van der Waals surface area (Å²) in [6, 6.07) is 4.80. The third-order valence-electron chi connectivity index (χ3n) is 5.68. The molecule has 0 N–H and O–H groups in total. The van der Waals surface area contributed by atoms with Crippen LogP contribution in [-0.2, 0) is 4.79 Å². The third-order valence-corrected chi connectivity index (χ3v) is 5.68. The number of benzene rings is 1. The maximum atomic E-state index is 12.0. The second kappa shape index (κ2) is 7.94. The summed E-state index contributed by atoms with van der Waals surface area (Å²) >= 11 is 0. The van der Waals surface area contributed by atoms with Gasteiger partial charge in [0.05, 0.1) is 0 Å². The molecule has 0 spiro atoms. The van der Waals surface area contributed by atoms with Crippen molar-refractivity contribution < 1.29 is 4.79 Å². The van der Waals surface area contributed by atoms with Crippen LogP contribution in [0.5, 0.6) is 0 Å². The molecule has 0 heterocycles. The number of aryl methyl sites for hydroxylation is 2. The SMILES string of the molecule is CCC(=O)C1CCCCC(c2cc(C)c(C)c(C)c2)CCC1. The van der Waals surface area contributed by atoms with Gasteiger partial charge in [-0.2, -0.15) is 0 Å². The van der Waals surface area contributed by atoms with Crippen molar-refractivity contribution in [1.29, 1.82) is 0 Å². The average Bonchev–Trinajstić information content (AvgIpc) is 2.63. The Labute approximate surface area is 136 Å². The molecule has 2 atom stereocenters. The van der Waals surface area contributed by atoms with Crippen molar-refractivity contribution in [3.63, 3.8) is 0 Å². The zero-order valence-corrected chi connectivity index (χ0v) is 14.9. The van der Waals surface area contributed by atoms with Crippen LogP contribution in [-0.4, -0.2) is 5.78 Å². The lowest BCUT2D eigenvalue weighted by Gasteiger charge is -2.19. The Morgan fingerprint density at radius 2 is 1.50 bits per heavy atom. The maximum absolute atomic E-state index is 12.0. The van der Waals surface area contributed by atoms with Gasteiger partial charge in [-0.15, -0.1) is 0 Å². The summed E-state index contributed by atoms with van der Waals surface area (Å²) in [5, 5.41) is 0. The Morgan fingerprint density at radius 3 is 2.14 bits per heavy atom. The Morgan fingerprint density at radius 1 is 0.955 bits per heavy atom. The Bertz CT molecular complexity index is 492. The van der Waals surface area contributed by atoms with Crippen LogP contribution in [0, 0.1) is 26.7 Å². The summed E-state index contributed by atoms with van der Waals surface area (Å²) < 4.78 is 0. The van der Waals surface area contributed by atoms with Crippen LogP contribution < -0.4 is 0 Å². The molecular weight excluding hydrogens is 268 g/mol. The lowest BCUT2D eigenvalue weighted by Crippen LogP contribution is -2.13. The van der Waals surface area contributed by atoms with Gasteiger partial charge in [0.25, 0.3) is 0 Å². The van der Waals surface area contributed by atoms with Gasteiger partial charge in [0.2, 0.25) is 0 Å². The number of Topliss-reactive ketones (excluding diaryl/α,β-unsaturated/α-hetero) is 1. The first-order chi connectivity index (χ1) is 10.5. The summed E-state index contributed by atoms with van der Waals surface area (Å²) in [6.07, 6.45) is 9.15. The first-order valence-corrected chi connectivity index (χ1v) is 9.13. The summed E-state index contributed by atoms with van der Waals surface area (Å²) in [5.74, 6) is 1.51. The molecule has 1 saturated carbocycles. The van der Waals surface area contributed by atoms with E-state index in [9.17, 15) is 4.79 Å². The third kappa shape index (κ3) is 4.21. The van der Waals surface area contributed by atoms with Crippen molar-refractivity contribution in [2.75, 3.05) is 0 Å². The molecule has 1 aliphatic carbocycles. The van der Waals surface area contributed by atoms with E-state index in [4.69, 9.17) is 0 Å². The predicted molar refractivity (Wildman–Crippen MR) is 94.5 cm³/mol. The minimum Gasteiger partial charge on any atom is -0.299 e. The molecule has 2 rings (SSSR count). The fourth-order valence-corrected chi connectivity index (χ4v) is 3.93. The first-order valence-electron chi connectivity index (χ1n) is 9.13. The van der Waals surface area contributed by atoms with Crippen LogP contribution in [0.1, 0.15) is 86.5 Å². The molecule has 0 bridgehead atoms. The summed E-state index contributed by atoms with van der Waals surface area (Å²) in [4.78, 5) is 12.0. The maximum Gasteiger partial charge on any atom is 0.135 e. The van der Waals surface area contributed by atoms with Crippen LogP contribution in [0.3, 0.4) is 0 Å². The largest absolute Gasteiger partial charge is 0.299 e. The van der Waals surface area contributed by atoms with Crippen molar-refractivity contribution in [3.05, 3.63) is 34.4 Å². The quantitative estimate of drug-likeness (QED) is 0.665. The van der Waals surface area contributed by atoms with Gasteiger partial charge < -0.3 is 0 Å². The normalized spacial score (nSPS) is 23.5. The van der Waals surface area contributed by atoms with Crippen molar-refractivity contribution >= 4 is 5.78 Å². The molecule has 1 aromatic rings. The lowest BCUT2D eigenvalue weighted by molar-refractivity contribution is -0.123. The van der Waals surface area contributed by atoms with E-state index in [1.165, 1.54) is 54.4 Å². The lowest BCUT2D eigenvalue weighted by atomic mass is 9.86. The molecule has 0 amide bonds. The van der Waals surface area contributed by atoms with Gasteiger partial charge in [-0.3, -0.25) is 4.79 Å². The summed E-state index contributed by atoms with van der Waals surface area (Å²) in [5.41, 5.74) is 5.81. The van der Waals surface area contributed by atoms with Crippen LogP contribution in [0.2, 0.25) is 0 Å². The highest BCUT2D eigenvalue weighted by Crippen LogP contribution is 2.34. The van der Waals surface area contributed by atoms with Gasteiger partial charge >= 0.3 is 0 Å². The van der Waals surface area contributed by atoms with Crippen molar-refractivity contribution in [1.82, 2.24) is 0 Å². The molecule has 1 aromatic carbocycles. The van der Waals surface area contributed by atoms with Gasteiger partial charge in [-0.25, -0.2) is 0 Å². The van der Waals surface area contributed by atoms with Crippen molar-refractivity contribution in [2.45, 2.75) is 85.0 Å². The number of hydrogen-bond donors (Lipinski definition) is 0. The topological polar surface area (TPSA) is 17.1 Å². The van der Waals surface area contributed by atoms with E-state index in [2.05, 4.69) is 32.9 Å². The predicted octanol–water partition coefficient (Wildman–Crippen LogP) is 6.04. The first kappa shape index (κ1) is 17.2. The van der Waals surface area contributed by atoms with Gasteiger partial charge in [0.15, 0.2) is 0 Å². The highest BCUT2D eigenvalue weighted by Gasteiger charge is 2.21. The van der Waals surface area contributed by atoms with Gasteiger partial charge in [-0.05, 0) is 74.6 Å². The van der Waals surface area contributed by atoms with Crippen LogP contribution in [0.4, 0.5) is 0 Å². The highest BCUT2D eigenvalue weighted by atomic mass is 16.1. The molecule has 1 nitrogen and oxygen atoms in total. The summed E-state index contributed by atoms with van der Waals surface area (Å²) in [7, 11) is 0. The van der Waals surface area contributed by atoms with E-state index in [1.54, 1.807) is 0 Å². The molecule has 0 aliphatic heterocycles. The minimum absolute atomic E-state index is 0.338. The number of carbonyl (C=O) groups is 1. The Kier molecular flexibility index (Phi) is 6.23. The van der Waals surface area contributed by atoms with Crippen LogP contribution >= 0.6 is 0 Å². The van der Waals surface area contributed by atoms with Crippen molar-refractivity contribution in [3.8, 4) is 0 Å². The number of carbonyl (C=O) groups excluding carboxylic acids is 1. The van der Waals surface area contributed by atoms with E-state index >= 15 is 0 Å². The molecule has 1 heteroatoms.